The van der Waals surface area contributed by atoms with Crippen molar-refractivity contribution in [1.82, 2.24) is 0 Å². The van der Waals surface area contributed by atoms with E-state index in [1.165, 1.54) is 83.5 Å². The lowest BCUT2D eigenvalue weighted by molar-refractivity contribution is -0.161. The van der Waals surface area contributed by atoms with E-state index in [1.54, 1.807) is 0 Å². The summed E-state index contributed by atoms with van der Waals surface area (Å²) < 4.78 is 32.6. The van der Waals surface area contributed by atoms with E-state index in [9.17, 15) is 24.2 Å². The molecule has 11 heteroatoms. The van der Waals surface area contributed by atoms with Crippen LogP contribution in [0.25, 0.3) is 0 Å². The summed E-state index contributed by atoms with van der Waals surface area (Å²) in [7, 11) is -4.62. The van der Waals surface area contributed by atoms with Crippen LogP contribution in [0.15, 0.2) is 36.5 Å². The van der Waals surface area contributed by atoms with Crippen LogP contribution in [-0.2, 0) is 32.7 Å². The minimum Gasteiger partial charge on any atom is -0.462 e. The largest absolute Gasteiger partial charge is 0.472 e. The first kappa shape index (κ1) is 50.2. The topological polar surface area (TPSA) is 149 Å². The molecule has 0 saturated carbocycles. The third-order valence-electron chi connectivity index (χ3n) is 8.55. The van der Waals surface area contributed by atoms with Gasteiger partial charge in [0, 0.05) is 12.8 Å². The second-order valence-corrected chi connectivity index (χ2v) is 15.1. The number of hydrogen-bond donors (Lipinski definition) is 3. The number of aliphatic hydroxyl groups excluding tert-OH is 2. The molecule has 0 heterocycles. The quantitative estimate of drug-likeness (QED) is 0.0240. The fourth-order valence-corrected chi connectivity index (χ4v) is 6.14. The number of aliphatic hydroxyl groups is 2. The third-order valence-corrected chi connectivity index (χ3v) is 9.50. The van der Waals surface area contributed by atoms with Crippen molar-refractivity contribution >= 4 is 19.8 Å². The Morgan fingerprint density at radius 3 is 1.54 bits per heavy atom. The van der Waals surface area contributed by atoms with E-state index in [0.717, 1.165) is 51.4 Å². The van der Waals surface area contributed by atoms with Gasteiger partial charge >= 0.3 is 19.8 Å². The van der Waals surface area contributed by atoms with Gasteiger partial charge < -0.3 is 24.6 Å². The third kappa shape index (κ3) is 36.5. The Hall–Kier alpha value is -1.81. The van der Waals surface area contributed by atoms with Gasteiger partial charge in [-0.3, -0.25) is 18.6 Å². The summed E-state index contributed by atoms with van der Waals surface area (Å²) in [5, 5.41) is 18.3. The summed E-state index contributed by atoms with van der Waals surface area (Å²) >= 11 is 0. The van der Waals surface area contributed by atoms with Crippen LogP contribution in [0.1, 0.15) is 174 Å². The van der Waals surface area contributed by atoms with E-state index in [4.69, 9.17) is 19.1 Å². The van der Waals surface area contributed by atoms with Crippen LogP contribution in [0.4, 0.5) is 0 Å². The van der Waals surface area contributed by atoms with E-state index in [-0.39, 0.29) is 19.4 Å². The molecule has 0 radical (unpaired) electrons. The number of ether oxygens (including phenoxy) is 2. The van der Waals surface area contributed by atoms with Gasteiger partial charge in [-0.2, -0.15) is 0 Å². The summed E-state index contributed by atoms with van der Waals surface area (Å²) in [5.74, 6) is -0.967. The summed E-state index contributed by atoms with van der Waals surface area (Å²) in [6, 6.07) is 0. The van der Waals surface area contributed by atoms with Crippen molar-refractivity contribution in [1.29, 1.82) is 0 Å². The summed E-state index contributed by atoms with van der Waals surface area (Å²) in [5.41, 5.74) is 0. The van der Waals surface area contributed by atoms with Gasteiger partial charge in [-0.1, -0.05) is 147 Å². The van der Waals surface area contributed by atoms with Gasteiger partial charge in [0.15, 0.2) is 6.10 Å². The number of carbonyl (C=O) groups excluding carboxylic acids is 2. The molecule has 0 aliphatic rings. The van der Waals surface area contributed by atoms with Crippen LogP contribution < -0.4 is 0 Å². The van der Waals surface area contributed by atoms with Crippen molar-refractivity contribution < 1.29 is 47.8 Å². The molecule has 0 amide bonds. The van der Waals surface area contributed by atoms with Gasteiger partial charge in [0.2, 0.25) is 0 Å². The van der Waals surface area contributed by atoms with Crippen molar-refractivity contribution in [3.63, 3.8) is 0 Å². The second kappa shape index (κ2) is 37.5. The summed E-state index contributed by atoms with van der Waals surface area (Å²) in [6.07, 6.45) is 36.8. The Balaban J connectivity index is 4.40. The Morgan fingerprint density at radius 1 is 0.577 bits per heavy atom. The van der Waals surface area contributed by atoms with Gasteiger partial charge in [-0.05, 0) is 51.4 Å². The predicted octanol–water partition coefficient (Wildman–Crippen LogP) is 10.4. The minimum atomic E-state index is -4.62. The van der Waals surface area contributed by atoms with Gasteiger partial charge in [-0.15, -0.1) is 0 Å². The lowest BCUT2D eigenvalue weighted by atomic mass is 10.0. The minimum absolute atomic E-state index is 0.137. The van der Waals surface area contributed by atoms with Crippen molar-refractivity contribution in [2.75, 3.05) is 26.4 Å². The molecule has 10 nitrogen and oxygen atoms in total. The maximum absolute atomic E-state index is 12.6. The van der Waals surface area contributed by atoms with Crippen molar-refractivity contribution in [2.24, 2.45) is 0 Å². The van der Waals surface area contributed by atoms with E-state index in [2.05, 4.69) is 54.8 Å². The van der Waals surface area contributed by atoms with Crippen LogP contribution in [0.5, 0.6) is 0 Å². The Kier molecular flexibility index (Phi) is 36.2. The smallest absolute Gasteiger partial charge is 0.462 e. The molecule has 0 saturated heterocycles. The Labute approximate surface area is 316 Å². The van der Waals surface area contributed by atoms with Crippen molar-refractivity contribution in [3.05, 3.63) is 36.5 Å². The monoisotopic (exact) mass is 759 g/mol. The van der Waals surface area contributed by atoms with E-state index < -0.39 is 51.8 Å². The first-order valence-electron chi connectivity index (χ1n) is 20.4. The zero-order valence-corrected chi connectivity index (χ0v) is 33.7. The molecule has 0 aromatic rings. The number of carbonyl (C=O) groups is 2. The molecule has 0 fully saturated rings. The number of esters is 2. The normalized spacial score (nSPS) is 14.3. The lowest BCUT2D eigenvalue weighted by Crippen LogP contribution is -2.29. The van der Waals surface area contributed by atoms with E-state index in [0.29, 0.717) is 12.8 Å². The highest BCUT2D eigenvalue weighted by atomic mass is 31.2. The average Bonchev–Trinajstić information content (AvgIpc) is 3.13. The average molecular weight is 759 g/mol. The molecule has 0 aromatic carbocycles. The molecule has 0 rings (SSSR count). The SMILES string of the molecule is CCCCC/C=C/C/C=C/C/C=C/CCCCC(=O)O[C@H](COC(=O)CCCCCCCCCCCCCCCC)COP(=O)(O)OC[C@@H](O)CO. The zero-order chi connectivity index (χ0) is 38.4. The molecule has 0 aliphatic heterocycles. The van der Waals surface area contributed by atoms with Gasteiger partial charge in [0.1, 0.15) is 12.7 Å². The number of rotatable bonds is 38. The maximum Gasteiger partial charge on any atom is 0.472 e. The fraction of sp³-hybridized carbons (Fsp3) is 0.805. The van der Waals surface area contributed by atoms with Crippen molar-refractivity contribution in [2.45, 2.75) is 187 Å². The molecule has 0 spiro atoms. The maximum atomic E-state index is 12.6. The molecule has 0 bridgehead atoms. The zero-order valence-electron chi connectivity index (χ0n) is 32.8. The van der Waals surface area contributed by atoms with Crippen LogP contribution in [0.3, 0.4) is 0 Å². The first-order chi connectivity index (χ1) is 25.2. The molecule has 3 N–H and O–H groups in total. The highest BCUT2D eigenvalue weighted by Crippen LogP contribution is 2.43. The Morgan fingerprint density at radius 2 is 1.00 bits per heavy atom. The summed E-state index contributed by atoms with van der Waals surface area (Å²) in [6.45, 7) is 2.30. The highest BCUT2D eigenvalue weighted by Gasteiger charge is 2.27. The lowest BCUT2D eigenvalue weighted by Gasteiger charge is -2.20. The molecule has 304 valence electrons. The Bertz CT molecular complexity index is 967. The number of phosphoric ester groups is 1. The molecule has 3 atom stereocenters. The number of allylic oxidation sites excluding steroid dienone is 6. The molecule has 0 aromatic heterocycles. The van der Waals surface area contributed by atoms with Gasteiger partial charge in [-0.25, -0.2) is 4.57 Å². The number of hydrogen-bond acceptors (Lipinski definition) is 9. The van der Waals surface area contributed by atoms with Crippen molar-refractivity contribution in [3.8, 4) is 0 Å². The molecular weight excluding hydrogens is 683 g/mol. The van der Waals surface area contributed by atoms with Crippen LogP contribution >= 0.6 is 7.82 Å². The number of unbranched alkanes of at least 4 members (excludes halogenated alkanes) is 18. The molecule has 1 unspecified atom stereocenters. The number of phosphoric acid groups is 1. The molecule has 0 aliphatic carbocycles. The molecule has 52 heavy (non-hydrogen) atoms. The first-order valence-corrected chi connectivity index (χ1v) is 21.9. The fourth-order valence-electron chi connectivity index (χ4n) is 5.35. The predicted molar refractivity (Wildman–Crippen MR) is 210 cm³/mol. The highest BCUT2D eigenvalue weighted by molar-refractivity contribution is 7.47. The van der Waals surface area contributed by atoms with Gasteiger partial charge in [0.05, 0.1) is 19.8 Å². The van der Waals surface area contributed by atoms with E-state index in [1.807, 2.05) is 0 Å². The second-order valence-electron chi connectivity index (χ2n) is 13.7. The van der Waals surface area contributed by atoms with Crippen LogP contribution in [0, 0.1) is 0 Å². The standard InChI is InChI=1S/C41H75O10P/c1-3-5-7-9-11-13-15-17-19-21-23-25-27-29-31-33-41(45)51-39(37-50-52(46,47)49-35-38(43)34-42)36-48-40(44)32-30-28-26-24-22-20-18-16-14-12-10-8-6-4-2/h11,13,17,19,23,25,38-39,42-43H,3-10,12,14-16,18,20-22,24,26-37H2,1-2H3,(H,46,47)/b13-11+,19-17+,25-23+/t38-,39+/m0/s1. The van der Waals surface area contributed by atoms with E-state index >= 15 is 0 Å². The van der Waals surface area contributed by atoms with Crippen LogP contribution in [0.2, 0.25) is 0 Å². The summed E-state index contributed by atoms with van der Waals surface area (Å²) in [4.78, 5) is 34.9. The molecular formula is C41H75O10P. The van der Waals surface area contributed by atoms with Crippen LogP contribution in [-0.4, -0.2) is 65.7 Å². The van der Waals surface area contributed by atoms with Gasteiger partial charge in [0.25, 0.3) is 0 Å².